The van der Waals surface area contributed by atoms with Crippen molar-refractivity contribution in [3.63, 3.8) is 0 Å². The summed E-state index contributed by atoms with van der Waals surface area (Å²) in [5.74, 6) is 28.4. The lowest BCUT2D eigenvalue weighted by Crippen LogP contribution is -2.55. The lowest BCUT2D eigenvalue weighted by molar-refractivity contribution is -0.164. The number of ether oxygens (including phenoxy) is 5. The van der Waals surface area contributed by atoms with Gasteiger partial charge in [-0.3, -0.25) is 24.0 Å². The summed E-state index contributed by atoms with van der Waals surface area (Å²) in [5, 5.41) is 1.54. The second-order valence-corrected chi connectivity index (χ2v) is 84.0. The predicted molar refractivity (Wildman–Crippen MR) is 566 cm³/mol. The summed E-state index contributed by atoms with van der Waals surface area (Å²) in [6, 6.07) is 10.8. The summed E-state index contributed by atoms with van der Waals surface area (Å²) in [7, 11) is 2.97. The average Bonchev–Trinajstić information content (AvgIpc) is 1.57. The molecule has 20 fully saturated rings. The lowest BCUT2D eigenvalue weighted by Gasteiger charge is -2.38. The highest BCUT2D eigenvalue weighted by atomic mass is 35.7. The molecule has 0 heterocycles. The molecule has 772 valence electrons. The minimum absolute atomic E-state index is 0.0984. The molecule has 20 bridgehead atoms. The van der Waals surface area contributed by atoms with Gasteiger partial charge in [0.25, 0.3) is 0 Å². The summed E-state index contributed by atoms with van der Waals surface area (Å²) >= 11 is 16.5. The van der Waals surface area contributed by atoms with Crippen LogP contribution in [0.5, 0.6) is 0 Å². The topological polar surface area (TPSA) is 166 Å². The van der Waals surface area contributed by atoms with Crippen LogP contribution in [0.15, 0.2) is 30.3 Å². The molecule has 0 aromatic heterocycles. The number of carbonyl (C=O) groups is 5. The Morgan fingerprint density at radius 1 is 0.289 bits per heavy atom. The van der Waals surface area contributed by atoms with Crippen molar-refractivity contribution in [1.82, 2.24) is 9.13 Å². The minimum Gasteiger partial charge on any atom is -0.460 e. The van der Waals surface area contributed by atoms with Crippen LogP contribution in [-0.4, -0.2) is 154 Å². The van der Waals surface area contributed by atoms with Crippen LogP contribution >= 0.6 is 33.2 Å². The highest BCUT2D eigenvalue weighted by molar-refractivity contribution is 7.44. The molecule has 0 saturated heterocycles. The molecule has 0 aliphatic heterocycles. The zero-order valence-corrected chi connectivity index (χ0v) is 98.5. The van der Waals surface area contributed by atoms with Gasteiger partial charge >= 0.3 is 38.7 Å². The molecule has 23 heteroatoms. The Kier molecular flexibility index (Phi) is 36.3. The molecule has 0 N–H and O–H groups in total. The Morgan fingerprint density at radius 3 is 0.593 bits per heavy atom. The molecule has 0 radical (unpaired) electrons. The van der Waals surface area contributed by atoms with Crippen LogP contribution in [0.4, 0.5) is 0 Å². The molecule has 20 aliphatic rings. The first kappa shape index (κ1) is 112. The number of hydrogen-bond donors (Lipinski definition) is 0. The molecule has 0 amide bonds. The van der Waals surface area contributed by atoms with Crippen molar-refractivity contribution < 1.29 is 60.9 Å². The number of hydrogen-bond acceptors (Lipinski definition) is 15. The van der Waals surface area contributed by atoms with Crippen molar-refractivity contribution in [1.29, 1.82) is 0 Å². The van der Waals surface area contributed by atoms with Crippen LogP contribution in [-0.2, 0) is 60.9 Å². The second kappa shape index (κ2) is 43.8. The first-order chi connectivity index (χ1) is 62.4. The number of carbonyl (C=O) groups excluding carboxylic acids is 5. The van der Waals surface area contributed by atoms with Gasteiger partial charge in [0.15, 0.2) is 8.40 Å². The largest absolute Gasteiger partial charge is 0.497 e. The van der Waals surface area contributed by atoms with Gasteiger partial charge in [0.2, 0.25) is 6.69 Å². The summed E-state index contributed by atoms with van der Waals surface area (Å²) in [6.07, 6.45) is 34.2. The van der Waals surface area contributed by atoms with Crippen LogP contribution < -0.4 is 5.19 Å². The molecule has 20 saturated carbocycles. The molecule has 135 heavy (non-hydrogen) atoms. The van der Waals surface area contributed by atoms with Crippen LogP contribution in [0, 0.1) is 207 Å². The van der Waals surface area contributed by atoms with E-state index < -0.39 is 39.4 Å². The Bertz CT molecular complexity index is 3580. The van der Waals surface area contributed by atoms with Crippen molar-refractivity contribution in [2.75, 3.05) is 48.0 Å². The van der Waals surface area contributed by atoms with Gasteiger partial charge in [-0.1, -0.05) is 74.8 Å². The van der Waals surface area contributed by atoms with E-state index in [1.54, 1.807) is 0 Å². The van der Waals surface area contributed by atoms with E-state index in [2.05, 4.69) is 120 Å². The molecule has 21 rings (SSSR count). The molecular formula is C112H195Cl3N2O13Si5. The van der Waals surface area contributed by atoms with E-state index in [1.807, 2.05) is 144 Å². The molecule has 1 aromatic rings. The number of nitrogens with zero attached hydrogens (tertiary/aromatic N) is 2. The first-order valence-electron chi connectivity index (χ1n) is 54.9. The SMILES string of the molecule is CC(C)(C)OC(=O)C1CC2CC1C1C3CCC(C3)C21.CC(C)(C)OC(=O)C1CC2CC1C1C3CCC(C3)C21.CC(C)(C)OC(=O)C1CC2CC1C1C3CCC(C3)C21.CC(C)(C)OC(=O)C1CC2CC1C1C3CCC(C3)C21.CC(C)(C)OC(=O)C1CC2CC1C1C3CCC(C3)C21.CCO[Si](C)(OCC)OCC.CN(C)[Si](C)(C)N(C)C.C[Si](C)(C)Cl.C[Si](C)(C)c1ccccc1.C[Si](C)(Cl)Cl. The molecule has 15 nitrogen and oxygen atoms in total. The van der Waals surface area contributed by atoms with Crippen LogP contribution in [0.1, 0.15) is 285 Å². The Balaban J connectivity index is 0.000000139. The van der Waals surface area contributed by atoms with Gasteiger partial charge in [-0.15, -0.1) is 22.2 Å². The van der Waals surface area contributed by atoms with E-state index in [1.165, 1.54) is 134 Å². The molecule has 35 atom stereocenters. The molecular weight excluding hydrogens is 1830 g/mol. The van der Waals surface area contributed by atoms with Crippen molar-refractivity contribution in [2.24, 2.45) is 207 Å². The van der Waals surface area contributed by atoms with E-state index in [9.17, 15) is 24.0 Å². The normalized spacial score (nSPS) is 39.2. The van der Waals surface area contributed by atoms with Gasteiger partial charge in [0.1, 0.15) is 35.4 Å². The fourth-order valence-electron chi connectivity index (χ4n) is 33.3. The first-order valence-corrected chi connectivity index (χ1v) is 73.1. The quantitative estimate of drug-likeness (QED) is 0.0567. The van der Waals surface area contributed by atoms with Gasteiger partial charge < -0.3 is 46.1 Å². The Hall–Kier alpha value is -1.68. The number of benzene rings is 1. The van der Waals surface area contributed by atoms with Crippen LogP contribution in [0.2, 0.25) is 72.0 Å². The minimum atomic E-state index is -2.25. The Morgan fingerprint density at radius 2 is 0.459 bits per heavy atom. The van der Waals surface area contributed by atoms with E-state index in [0.29, 0.717) is 49.4 Å². The summed E-state index contributed by atoms with van der Waals surface area (Å²) in [5.41, 5.74) is -1.63. The maximum Gasteiger partial charge on any atom is 0.497 e. The zero-order valence-electron chi connectivity index (χ0n) is 91.2. The molecule has 20 aliphatic carbocycles. The van der Waals surface area contributed by atoms with Crippen LogP contribution in [0.25, 0.3) is 0 Å². The van der Waals surface area contributed by atoms with Crippen molar-refractivity contribution >= 4 is 108 Å². The highest BCUT2D eigenvalue weighted by Crippen LogP contribution is 2.74. The fourth-order valence-corrected chi connectivity index (χ4v) is 37.1. The number of halogens is 3. The van der Waals surface area contributed by atoms with Gasteiger partial charge in [-0.05, 0) is 517 Å². The van der Waals surface area contributed by atoms with E-state index in [0.717, 1.165) is 180 Å². The third-order valence-corrected chi connectivity index (χ3v) is 46.1. The summed E-state index contributed by atoms with van der Waals surface area (Å²) in [6.45, 7) is 59.6. The molecule has 35 unspecified atom stereocenters. The van der Waals surface area contributed by atoms with E-state index in [-0.39, 0.29) is 87.4 Å². The number of rotatable bonds is 14. The highest BCUT2D eigenvalue weighted by Gasteiger charge is 2.69. The van der Waals surface area contributed by atoms with E-state index >= 15 is 0 Å². The third kappa shape index (κ3) is 27.4. The van der Waals surface area contributed by atoms with Gasteiger partial charge in [0, 0.05) is 26.4 Å². The molecule has 1 aromatic carbocycles. The maximum absolute atomic E-state index is 12.4. The van der Waals surface area contributed by atoms with Crippen LogP contribution in [0.3, 0.4) is 0 Å². The average molecular weight is 2020 g/mol. The van der Waals surface area contributed by atoms with E-state index in [4.69, 9.17) is 70.2 Å². The monoisotopic (exact) mass is 2020 g/mol. The summed E-state index contributed by atoms with van der Waals surface area (Å²) in [4.78, 5) is 62.1. The zero-order chi connectivity index (χ0) is 99.8. The third-order valence-electron chi connectivity index (χ3n) is 37.3. The predicted octanol–water partition coefficient (Wildman–Crippen LogP) is 27.2. The van der Waals surface area contributed by atoms with Gasteiger partial charge in [0.05, 0.1) is 37.7 Å². The lowest BCUT2D eigenvalue weighted by atomic mass is 9.67. The second-order valence-electron chi connectivity index (χ2n) is 55.1. The standard InChI is InChI=1S/5C17H26O2.C9H14Si.C7H18O3Si.C6H18N2Si.C3H9ClSi.C2H6Cl2Si/c5*1-17(2,3)19-16(18)13-8-11-7-12(13)15-10-5-4-9(6-10)14(11)15;1-10(2,3)9-7-5-4-6-8-9;1-5-8-11(4,9-6-2)10-7-3;1-7(2)9(5,6)8(3)4;2*1-5(2,3)4/h5*9-15H,4-8H2,1-3H3;4-8H,1-3H3;5-7H2,1-4H3;1-6H3;1-3H3;1-2H3. The van der Waals surface area contributed by atoms with Gasteiger partial charge in [-0.25, -0.2) is 0 Å². The maximum atomic E-state index is 12.4. The number of fused-ring (bicyclic) bond motifs is 45. The smallest absolute Gasteiger partial charge is 0.460 e. The van der Waals surface area contributed by atoms with Gasteiger partial charge in [-0.2, -0.15) is 11.1 Å². The van der Waals surface area contributed by atoms with Crippen molar-refractivity contribution in [3.8, 4) is 0 Å². The molecule has 0 spiro atoms. The van der Waals surface area contributed by atoms with Crippen molar-refractivity contribution in [3.05, 3.63) is 30.3 Å². The summed E-state index contributed by atoms with van der Waals surface area (Å²) < 4.78 is 49.2. The van der Waals surface area contributed by atoms with Crippen molar-refractivity contribution in [2.45, 2.75) is 385 Å². The Labute approximate surface area is 842 Å². The number of esters is 5. The fraction of sp³-hybridized carbons (Fsp3) is 0.902.